The van der Waals surface area contributed by atoms with E-state index in [0.717, 1.165) is 34.8 Å². The molecular weight excluding hydrogens is 571 g/mol. The lowest BCUT2D eigenvalue weighted by Gasteiger charge is -2.61. The fourth-order valence-electron chi connectivity index (χ4n) is 10.4. The molecule has 4 saturated carbocycles. The van der Waals surface area contributed by atoms with E-state index in [4.69, 9.17) is 4.98 Å². The minimum Gasteiger partial charge on any atom is -0.217 e. The molecule has 4 fully saturated rings. The van der Waals surface area contributed by atoms with Crippen molar-refractivity contribution in [2.75, 3.05) is 0 Å². The van der Waals surface area contributed by atoms with Gasteiger partial charge in [0, 0.05) is 16.5 Å². The lowest BCUT2D eigenvalue weighted by Crippen LogP contribution is -2.55. The third kappa shape index (κ3) is 4.15. The lowest BCUT2D eigenvalue weighted by molar-refractivity contribution is -0.0399. The standard InChI is InChI=1S/C44H37N3/c1-27-16-34(23-35(17-27)43-46-26-45-42(47-43)31-10-6-3-7-11-31)33-13-15-39-38-14-12-32(30-8-4-2-5-9-30)24-40(38)44(41(39)25-33)36-19-28-18-29(21-36)22-37(44)20-28/h2-17,23-26,28-29,36-37H,18-22H2,1H3. The molecule has 4 bridgehead atoms. The van der Waals surface area contributed by atoms with E-state index >= 15 is 0 Å². The van der Waals surface area contributed by atoms with Gasteiger partial charge >= 0.3 is 0 Å². The molecule has 1 heterocycles. The van der Waals surface area contributed by atoms with Gasteiger partial charge in [0.05, 0.1) is 0 Å². The van der Waals surface area contributed by atoms with Crippen LogP contribution in [0.2, 0.25) is 0 Å². The third-order valence-corrected chi connectivity index (χ3v) is 12.0. The zero-order chi connectivity index (χ0) is 31.1. The molecule has 0 atom stereocenters. The van der Waals surface area contributed by atoms with Crippen LogP contribution in [0, 0.1) is 30.6 Å². The van der Waals surface area contributed by atoms with Crippen molar-refractivity contribution in [2.45, 2.75) is 44.4 Å². The molecule has 6 aromatic rings. The normalized spacial score (nSPS) is 24.8. The van der Waals surface area contributed by atoms with Gasteiger partial charge in [0.1, 0.15) is 6.33 Å². The van der Waals surface area contributed by atoms with E-state index in [1.54, 1.807) is 17.5 Å². The minimum absolute atomic E-state index is 0.102. The van der Waals surface area contributed by atoms with E-state index in [1.165, 1.54) is 71.0 Å². The van der Waals surface area contributed by atoms with E-state index in [0.29, 0.717) is 11.6 Å². The predicted molar refractivity (Wildman–Crippen MR) is 190 cm³/mol. The Hall–Kier alpha value is -4.89. The van der Waals surface area contributed by atoms with E-state index in [1.807, 2.05) is 30.3 Å². The maximum atomic E-state index is 4.90. The average molecular weight is 608 g/mol. The molecule has 228 valence electrons. The van der Waals surface area contributed by atoms with Gasteiger partial charge in [-0.2, -0.15) is 0 Å². The van der Waals surface area contributed by atoms with Gasteiger partial charge in [-0.25, -0.2) is 15.0 Å². The summed E-state index contributed by atoms with van der Waals surface area (Å²) in [6.07, 6.45) is 8.61. The van der Waals surface area contributed by atoms with Crippen LogP contribution in [0.5, 0.6) is 0 Å². The van der Waals surface area contributed by atoms with Gasteiger partial charge in [0.25, 0.3) is 0 Å². The third-order valence-electron chi connectivity index (χ3n) is 12.0. The Morgan fingerprint density at radius 2 is 1.02 bits per heavy atom. The zero-order valence-corrected chi connectivity index (χ0v) is 26.7. The number of aromatic nitrogens is 3. The van der Waals surface area contributed by atoms with Crippen molar-refractivity contribution in [2.24, 2.45) is 23.7 Å². The van der Waals surface area contributed by atoms with Crippen LogP contribution < -0.4 is 0 Å². The first kappa shape index (κ1) is 27.2. The van der Waals surface area contributed by atoms with E-state index in [2.05, 4.69) is 102 Å². The molecule has 0 unspecified atom stereocenters. The molecule has 47 heavy (non-hydrogen) atoms. The van der Waals surface area contributed by atoms with Crippen LogP contribution in [0.4, 0.5) is 0 Å². The molecule has 0 aliphatic heterocycles. The van der Waals surface area contributed by atoms with Gasteiger partial charge in [-0.1, -0.05) is 91.0 Å². The van der Waals surface area contributed by atoms with Gasteiger partial charge < -0.3 is 0 Å². The highest BCUT2D eigenvalue weighted by Gasteiger charge is 2.61. The first-order valence-corrected chi connectivity index (χ1v) is 17.4. The topological polar surface area (TPSA) is 38.7 Å². The second-order valence-corrected chi connectivity index (χ2v) is 14.6. The molecule has 5 aliphatic rings. The van der Waals surface area contributed by atoms with Gasteiger partial charge in [-0.15, -0.1) is 0 Å². The number of aryl methyl sites for hydroxylation is 1. The number of nitrogens with zero attached hydrogens (tertiary/aromatic N) is 3. The molecule has 5 aliphatic carbocycles. The zero-order valence-electron chi connectivity index (χ0n) is 26.7. The number of hydrogen-bond acceptors (Lipinski definition) is 3. The number of rotatable bonds is 4. The van der Waals surface area contributed by atoms with E-state index in [-0.39, 0.29) is 5.41 Å². The van der Waals surface area contributed by atoms with Gasteiger partial charge in [-0.05, 0) is 137 Å². The van der Waals surface area contributed by atoms with Crippen LogP contribution in [0.3, 0.4) is 0 Å². The monoisotopic (exact) mass is 607 g/mol. The van der Waals surface area contributed by atoms with Crippen molar-refractivity contribution >= 4 is 0 Å². The Morgan fingerprint density at radius 1 is 0.489 bits per heavy atom. The molecular formula is C44H37N3. The molecule has 1 aromatic heterocycles. The SMILES string of the molecule is Cc1cc(-c2ccc3c(c2)C2(c4cc(-c5ccccc5)ccc4-3)C3CC4CC(C3)CC2C4)cc(-c2ncnc(-c3ccccc3)n2)c1. The summed E-state index contributed by atoms with van der Waals surface area (Å²) < 4.78 is 0. The first-order valence-electron chi connectivity index (χ1n) is 17.4. The molecule has 0 radical (unpaired) electrons. The highest BCUT2D eigenvalue weighted by molar-refractivity contribution is 5.87. The Bertz CT molecular complexity index is 2140. The van der Waals surface area contributed by atoms with Crippen LogP contribution >= 0.6 is 0 Å². The largest absolute Gasteiger partial charge is 0.217 e. The summed E-state index contributed by atoms with van der Waals surface area (Å²) in [5, 5.41) is 0. The minimum atomic E-state index is 0.102. The second kappa shape index (κ2) is 10.3. The number of hydrogen-bond donors (Lipinski definition) is 0. The van der Waals surface area contributed by atoms with Crippen LogP contribution in [-0.4, -0.2) is 15.0 Å². The fraction of sp³-hybridized carbons (Fsp3) is 0.250. The van der Waals surface area contributed by atoms with Crippen LogP contribution in [0.1, 0.15) is 48.8 Å². The highest BCUT2D eigenvalue weighted by Crippen LogP contribution is 2.69. The quantitative estimate of drug-likeness (QED) is 0.200. The van der Waals surface area contributed by atoms with E-state index < -0.39 is 0 Å². The maximum absolute atomic E-state index is 4.90. The summed E-state index contributed by atoms with van der Waals surface area (Å²) in [6, 6.07) is 42.7. The van der Waals surface area contributed by atoms with Crippen molar-refractivity contribution < 1.29 is 0 Å². The van der Waals surface area contributed by atoms with Crippen LogP contribution in [-0.2, 0) is 5.41 Å². The first-order chi connectivity index (χ1) is 23.1. The van der Waals surface area contributed by atoms with Crippen LogP contribution in [0.15, 0.2) is 122 Å². The van der Waals surface area contributed by atoms with Crippen molar-refractivity contribution in [1.82, 2.24) is 15.0 Å². The number of fused-ring (bicyclic) bond motifs is 3. The summed E-state index contributed by atoms with van der Waals surface area (Å²) in [4.78, 5) is 14.0. The van der Waals surface area contributed by atoms with Crippen molar-refractivity contribution in [3.63, 3.8) is 0 Å². The summed E-state index contributed by atoms with van der Waals surface area (Å²) >= 11 is 0. The second-order valence-electron chi connectivity index (χ2n) is 14.6. The van der Waals surface area contributed by atoms with Crippen LogP contribution in [0.25, 0.3) is 56.2 Å². The summed E-state index contributed by atoms with van der Waals surface area (Å²) in [5.74, 6) is 4.67. The predicted octanol–water partition coefficient (Wildman–Crippen LogP) is 10.6. The van der Waals surface area contributed by atoms with E-state index in [9.17, 15) is 0 Å². The highest BCUT2D eigenvalue weighted by atomic mass is 15.0. The fourth-order valence-corrected chi connectivity index (χ4v) is 10.4. The van der Waals surface area contributed by atoms with Gasteiger partial charge in [0.15, 0.2) is 11.6 Å². The summed E-state index contributed by atoms with van der Waals surface area (Å²) in [7, 11) is 0. The Balaban J connectivity index is 1.12. The number of benzene rings is 5. The summed E-state index contributed by atoms with van der Waals surface area (Å²) in [5.41, 5.74) is 14.6. The maximum Gasteiger partial charge on any atom is 0.163 e. The van der Waals surface area contributed by atoms with Gasteiger partial charge in [0.2, 0.25) is 0 Å². The van der Waals surface area contributed by atoms with Crippen molar-refractivity contribution in [3.8, 4) is 56.2 Å². The Kier molecular flexibility index (Phi) is 5.97. The molecule has 0 N–H and O–H groups in total. The lowest BCUT2D eigenvalue weighted by atomic mass is 9.43. The average Bonchev–Trinajstić information content (AvgIpc) is 3.40. The van der Waals surface area contributed by atoms with Crippen molar-refractivity contribution in [1.29, 1.82) is 0 Å². The Labute approximate surface area is 276 Å². The molecule has 5 aromatic carbocycles. The summed E-state index contributed by atoms with van der Waals surface area (Å²) in [6.45, 7) is 2.18. The smallest absolute Gasteiger partial charge is 0.163 e. The molecule has 11 rings (SSSR count). The van der Waals surface area contributed by atoms with Gasteiger partial charge in [-0.3, -0.25) is 0 Å². The van der Waals surface area contributed by atoms with Crippen molar-refractivity contribution in [3.05, 3.63) is 138 Å². The Morgan fingerprint density at radius 3 is 1.64 bits per heavy atom. The molecule has 0 saturated heterocycles. The molecule has 3 nitrogen and oxygen atoms in total. The molecule has 1 spiro atoms. The molecule has 3 heteroatoms. The molecule has 0 amide bonds.